The van der Waals surface area contributed by atoms with E-state index in [1.807, 2.05) is 44.2 Å². The molecule has 0 aromatic heterocycles. The largest absolute Gasteiger partial charge is 0.465 e. The molecule has 0 saturated carbocycles. The first-order chi connectivity index (χ1) is 10.0. The zero-order chi connectivity index (χ0) is 15.7. The van der Waals surface area contributed by atoms with Crippen molar-refractivity contribution in [2.24, 2.45) is 11.8 Å². The van der Waals surface area contributed by atoms with Crippen LogP contribution in [-0.4, -0.2) is 30.1 Å². The average molecular weight is 293 g/mol. The van der Waals surface area contributed by atoms with Crippen LogP contribution in [0.3, 0.4) is 0 Å². The van der Waals surface area contributed by atoms with Crippen LogP contribution < -0.4 is 5.32 Å². The molecule has 0 aliphatic carbocycles. The van der Waals surface area contributed by atoms with Crippen molar-refractivity contribution in [1.29, 1.82) is 0 Å². The number of amides is 1. The van der Waals surface area contributed by atoms with Crippen LogP contribution in [0, 0.1) is 11.8 Å². The van der Waals surface area contributed by atoms with Gasteiger partial charge in [0, 0.05) is 0 Å². The third kappa shape index (κ3) is 6.90. The van der Waals surface area contributed by atoms with Crippen LogP contribution in [0.1, 0.15) is 25.8 Å². The van der Waals surface area contributed by atoms with Crippen LogP contribution in [0.5, 0.6) is 0 Å². The average Bonchev–Trinajstić information content (AvgIpc) is 2.45. The molecule has 21 heavy (non-hydrogen) atoms. The lowest BCUT2D eigenvalue weighted by molar-refractivity contribution is -0.110. The third-order valence-electron chi connectivity index (χ3n) is 3.42. The highest BCUT2D eigenvalue weighted by molar-refractivity contribution is 5.71. The Labute approximate surface area is 125 Å². The van der Waals surface area contributed by atoms with Crippen molar-refractivity contribution >= 4 is 12.4 Å². The van der Waals surface area contributed by atoms with Crippen molar-refractivity contribution in [2.45, 2.75) is 32.9 Å². The number of carbonyl (C=O) groups is 2. The summed E-state index contributed by atoms with van der Waals surface area (Å²) in [7, 11) is 0. The van der Waals surface area contributed by atoms with Crippen molar-refractivity contribution in [1.82, 2.24) is 5.32 Å². The van der Waals surface area contributed by atoms with Crippen molar-refractivity contribution in [3.8, 4) is 0 Å². The van der Waals surface area contributed by atoms with Gasteiger partial charge in [0.05, 0.1) is 19.3 Å². The van der Waals surface area contributed by atoms with Crippen molar-refractivity contribution in [3.63, 3.8) is 0 Å². The fourth-order valence-electron chi connectivity index (χ4n) is 2.07. The van der Waals surface area contributed by atoms with E-state index < -0.39 is 12.1 Å². The smallest absolute Gasteiger partial charge is 0.405 e. The van der Waals surface area contributed by atoms with Gasteiger partial charge >= 0.3 is 6.09 Å². The Bertz CT molecular complexity index is 433. The van der Waals surface area contributed by atoms with Crippen LogP contribution >= 0.6 is 0 Å². The second-order valence-electron chi connectivity index (χ2n) is 5.43. The zero-order valence-electron chi connectivity index (χ0n) is 12.5. The fraction of sp³-hybridized carbons (Fsp3) is 0.500. The van der Waals surface area contributed by atoms with Gasteiger partial charge in [0.25, 0.3) is 0 Å². The summed E-state index contributed by atoms with van der Waals surface area (Å²) in [6.45, 7) is 5.10. The molecule has 1 aromatic rings. The molecular weight excluding hydrogens is 270 g/mol. The van der Waals surface area contributed by atoms with Gasteiger partial charge < -0.3 is 20.0 Å². The minimum atomic E-state index is -1.18. The molecule has 0 bridgehead atoms. The zero-order valence-corrected chi connectivity index (χ0v) is 12.5. The van der Waals surface area contributed by atoms with Crippen LogP contribution in [0.4, 0.5) is 4.79 Å². The molecule has 2 N–H and O–H groups in total. The van der Waals surface area contributed by atoms with Gasteiger partial charge in [-0.25, -0.2) is 4.79 Å². The van der Waals surface area contributed by atoms with E-state index in [1.54, 1.807) is 0 Å². The predicted molar refractivity (Wildman–Crippen MR) is 80.1 cm³/mol. The molecule has 1 rings (SSSR count). The number of rotatable bonds is 9. The SMILES string of the molecule is CC(C)[C@@H](COCc1ccccc1)CC(C=O)NC(=O)O. The van der Waals surface area contributed by atoms with Gasteiger partial charge in [0.1, 0.15) is 6.29 Å². The van der Waals surface area contributed by atoms with Crippen molar-refractivity contribution < 1.29 is 19.4 Å². The maximum absolute atomic E-state index is 10.9. The number of hydrogen-bond acceptors (Lipinski definition) is 3. The lowest BCUT2D eigenvalue weighted by atomic mass is 9.90. The van der Waals surface area contributed by atoms with E-state index in [-0.39, 0.29) is 5.92 Å². The van der Waals surface area contributed by atoms with E-state index in [4.69, 9.17) is 9.84 Å². The van der Waals surface area contributed by atoms with Crippen LogP contribution in [0.15, 0.2) is 30.3 Å². The molecule has 116 valence electrons. The van der Waals surface area contributed by atoms with Gasteiger partial charge in [-0.15, -0.1) is 0 Å². The molecule has 0 saturated heterocycles. The summed E-state index contributed by atoms with van der Waals surface area (Å²) in [5, 5.41) is 10.9. The number of nitrogens with one attached hydrogen (secondary N) is 1. The molecule has 1 unspecified atom stereocenters. The topological polar surface area (TPSA) is 75.6 Å². The number of hydrogen-bond donors (Lipinski definition) is 2. The Hall–Kier alpha value is -1.88. The summed E-state index contributed by atoms with van der Waals surface area (Å²) in [4.78, 5) is 21.5. The predicted octanol–water partition coefficient (Wildman–Crippen LogP) is 2.70. The quantitative estimate of drug-likeness (QED) is 0.686. The molecule has 5 nitrogen and oxygen atoms in total. The van der Waals surface area contributed by atoms with E-state index in [2.05, 4.69) is 5.32 Å². The second-order valence-corrected chi connectivity index (χ2v) is 5.43. The minimum Gasteiger partial charge on any atom is -0.465 e. The highest BCUT2D eigenvalue weighted by Gasteiger charge is 2.20. The Kier molecular flexibility index (Phi) is 7.46. The van der Waals surface area contributed by atoms with Crippen LogP contribution in [0.2, 0.25) is 0 Å². The molecule has 0 spiro atoms. The molecule has 5 heteroatoms. The number of carbonyl (C=O) groups excluding carboxylic acids is 1. The second kappa shape index (κ2) is 9.13. The Morgan fingerprint density at radius 2 is 2.00 bits per heavy atom. The lowest BCUT2D eigenvalue weighted by Gasteiger charge is -2.23. The van der Waals surface area contributed by atoms with E-state index in [0.717, 1.165) is 5.56 Å². The molecule has 0 aliphatic rings. The number of ether oxygens (including phenoxy) is 1. The molecule has 0 heterocycles. The number of benzene rings is 1. The monoisotopic (exact) mass is 293 g/mol. The summed E-state index contributed by atoms with van der Waals surface area (Å²) in [6.07, 6.45) is -0.0945. The molecule has 0 fully saturated rings. The Morgan fingerprint density at radius 1 is 1.33 bits per heavy atom. The molecule has 0 radical (unpaired) electrons. The van der Waals surface area contributed by atoms with E-state index in [0.29, 0.717) is 31.8 Å². The minimum absolute atomic E-state index is 0.121. The summed E-state index contributed by atoms with van der Waals surface area (Å²) in [5.74, 6) is 0.426. The first kappa shape index (κ1) is 17.2. The van der Waals surface area contributed by atoms with Crippen molar-refractivity contribution in [2.75, 3.05) is 6.61 Å². The fourth-order valence-corrected chi connectivity index (χ4v) is 2.07. The van der Waals surface area contributed by atoms with E-state index in [1.165, 1.54) is 0 Å². The first-order valence-corrected chi connectivity index (χ1v) is 7.09. The summed E-state index contributed by atoms with van der Waals surface area (Å²) in [6, 6.07) is 9.16. The Balaban J connectivity index is 2.45. The van der Waals surface area contributed by atoms with Gasteiger partial charge in [-0.3, -0.25) is 0 Å². The number of carboxylic acid groups (broad SMARTS) is 1. The Morgan fingerprint density at radius 3 is 2.52 bits per heavy atom. The highest BCUT2D eigenvalue weighted by Crippen LogP contribution is 2.18. The molecule has 1 aromatic carbocycles. The first-order valence-electron chi connectivity index (χ1n) is 7.09. The third-order valence-corrected chi connectivity index (χ3v) is 3.42. The molecule has 2 atom stereocenters. The molecule has 0 aliphatic heterocycles. The summed E-state index contributed by atoms with van der Waals surface area (Å²) < 4.78 is 5.70. The molecular formula is C16H23NO4. The highest BCUT2D eigenvalue weighted by atomic mass is 16.5. The van der Waals surface area contributed by atoms with Crippen LogP contribution in [-0.2, 0) is 16.1 Å². The van der Waals surface area contributed by atoms with Crippen LogP contribution in [0.25, 0.3) is 0 Å². The standard InChI is InChI=1S/C16H23NO4/c1-12(2)14(8-15(9-18)17-16(19)20)11-21-10-13-6-4-3-5-7-13/h3-7,9,12,14-15,17H,8,10-11H2,1-2H3,(H,19,20)/t14-,15?/m1/s1. The van der Waals surface area contributed by atoms with E-state index >= 15 is 0 Å². The lowest BCUT2D eigenvalue weighted by Crippen LogP contribution is -2.38. The van der Waals surface area contributed by atoms with Gasteiger partial charge in [0.15, 0.2) is 0 Å². The van der Waals surface area contributed by atoms with Gasteiger partial charge in [-0.2, -0.15) is 0 Å². The van der Waals surface area contributed by atoms with E-state index in [9.17, 15) is 9.59 Å². The maximum atomic E-state index is 10.9. The summed E-state index contributed by atoms with van der Waals surface area (Å²) in [5.41, 5.74) is 1.09. The van der Waals surface area contributed by atoms with Crippen molar-refractivity contribution in [3.05, 3.63) is 35.9 Å². The molecule has 1 amide bonds. The summed E-state index contributed by atoms with van der Waals surface area (Å²) >= 11 is 0. The van der Waals surface area contributed by atoms with Gasteiger partial charge in [-0.1, -0.05) is 44.2 Å². The van der Waals surface area contributed by atoms with Gasteiger partial charge in [0.2, 0.25) is 0 Å². The normalized spacial score (nSPS) is 13.7. The number of aldehydes is 1. The van der Waals surface area contributed by atoms with Gasteiger partial charge in [-0.05, 0) is 23.8 Å². The maximum Gasteiger partial charge on any atom is 0.405 e.